The molecule has 0 saturated heterocycles. The normalized spacial score (nSPS) is 13.8. The van der Waals surface area contributed by atoms with Crippen molar-refractivity contribution in [3.05, 3.63) is 29.3 Å². The Kier molecular flexibility index (Phi) is 4.15. The van der Waals surface area contributed by atoms with Gasteiger partial charge in [0, 0.05) is 24.2 Å². The fourth-order valence-corrected chi connectivity index (χ4v) is 2.05. The Balaban J connectivity index is 1.91. The van der Waals surface area contributed by atoms with Crippen molar-refractivity contribution in [3.8, 4) is 5.75 Å². The van der Waals surface area contributed by atoms with Crippen LogP contribution in [0.1, 0.15) is 35.7 Å². The molecule has 3 heteroatoms. The SMILES string of the molecule is CCCOCCOc1cccc2c1CCC2=O. The molecule has 0 unspecified atom stereocenters. The summed E-state index contributed by atoms with van der Waals surface area (Å²) in [5, 5.41) is 0. The number of hydrogen-bond acceptors (Lipinski definition) is 3. The summed E-state index contributed by atoms with van der Waals surface area (Å²) >= 11 is 0. The number of carbonyl (C=O) groups is 1. The summed E-state index contributed by atoms with van der Waals surface area (Å²) in [5.41, 5.74) is 1.89. The number of Topliss-reactive ketones (excluding diaryl/α,β-unsaturated/α-hetero) is 1. The van der Waals surface area contributed by atoms with Gasteiger partial charge in [-0.05, 0) is 18.9 Å². The number of ether oxygens (including phenoxy) is 2. The number of fused-ring (bicyclic) bond motifs is 1. The van der Waals surface area contributed by atoms with Gasteiger partial charge in [0.15, 0.2) is 5.78 Å². The fourth-order valence-electron chi connectivity index (χ4n) is 2.05. The number of hydrogen-bond donors (Lipinski definition) is 0. The van der Waals surface area contributed by atoms with E-state index in [1.807, 2.05) is 18.2 Å². The van der Waals surface area contributed by atoms with Crippen molar-refractivity contribution in [2.45, 2.75) is 26.2 Å². The lowest BCUT2D eigenvalue weighted by Crippen LogP contribution is -2.08. The van der Waals surface area contributed by atoms with Gasteiger partial charge in [0.1, 0.15) is 12.4 Å². The van der Waals surface area contributed by atoms with Gasteiger partial charge in [0.05, 0.1) is 6.61 Å². The number of ketones is 1. The Morgan fingerprint density at radius 1 is 1.18 bits per heavy atom. The van der Waals surface area contributed by atoms with Gasteiger partial charge in [-0.2, -0.15) is 0 Å². The topological polar surface area (TPSA) is 35.5 Å². The zero-order chi connectivity index (χ0) is 12.1. The first kappa shape index (κ1) is 12.1. The molecule has 17 heavy (non-hydrogen) atoms. The van der Waals surface area contributed by atoms with E-state index in [1.165, 1.54) is 0 Å². The molecule has 0 aromatic heterocycles. The van der Waals surface area contributed by atoms with Crippen LogP contribution in [0.2, 0.25) is 0 Å². The molecule has 0 radical (unpaired) electrons. The molecule has 1 aromatic carbocycles. The molecule has 0 amide bonds. The maximum Gasteiger partial charge on any atom is 0.163 e. The van der Waals surface area contributed by atoms with Crippen LogP contribution in [0.5, 0.6) is 5.75 Å². The van der Waals surface area contributed by atoms with Gasteiger partial charge < -0.3 is 9.47 Å². The lowest BCUT2D eigenvalue weighted by molar-refractivity contribution is 0.0994. The summed E-state index contributed by atoms with van der Waals surface area (Å²) in [5.74, 6) is 1.07. The van der Waals surface area contributed by atoms with E-state index < -0.39 is 0 Å². The molecule has 1 aromatic rings. The lowest BCUT2D eigenvalue weighted by atomic mass is 10.1. The van der Waals surface area contributed by atoms with E-state index in [-0.39, 0.29) is 5.78 Å². The summed E-state index contributed by atoms with van der Waals surface area (Å²) in [4.78, 5) is 11.6. The molecule has 0 heterocycles. The second-order valence-electron chi connectivity index (χ2n) is 4.17. The predicted molar refractivity (Wildman–Crippen MR) is 65.7 cm³/mol. The van der Waals surface area contributed by atoms with E-state index in [0.29, 0.717) is 19.6 Å². The third-order valence-electron chi connectivity index (χ3n) is 2.87. The van der Waals surface area contributed by atoms with E-state index in [9.17, 15) is 4.79 Å². The molecule has 0 fully saturated rings. The minimum atomic E-state index is 0.229. The zero-order valence-electron chi connectivity index (χ0n) is 10.2. The highest BCUT2D eigenvalue weighted by Gasteiger charge is 2.22. The quantitative estimate of drug-likeness (QED) is 0.710. The molecular weight excluding hydrogens is 216 g/mol. The minimum Gasteiger partial charge on any atom is -0.491 e. The maximum absolute atomic E-state index is 11.6. The van der Waals surface area contributed by atoms with Crippen LogP contribution in [0.4, 0.5) is 0 Å². The van der Waals surface area contributed by atoms with Gasteiger partial charge in [0.25, 0.3) is 0 Å². The largest absolute Gasteiger partial charge is 0.491 e. The van der Waals surface area contributed by atoms with Gasteiger partial charge in [-0.15, -0.1) is 0 Å². The molecule has 1 aliphatic rings. The Morgan fingerprint density at radius 3 is 2.88 bits per heavy atom. The molecule has 92 valence electrons. The van der Waals surface area contributed by atoms with E-state index in [4.69, 9.17) is 9.47 Å². The highest BCUT2D eigenvalue weighted by atomic mass is 16.5. The van der Waals surface area contributed by atoms with Crippen LogP contribution >= 0.6 is 0 Å². The molecule has 2 rings (SSSR count). The first-order valence-corrected chi connectivity index (χ1v) is 6.18. The van der Waals surface area contributed by atoms with Crippen molar-refractivity contribution in [1.29, 1.82) is 0 Å². The molecule has 0 spiro atoms. The van der Waals surface area contributed by atoms with Crippen molar-refractivity contribution < 1.29 is 14.3 Å². The summed E-state index contributed by atoms with van der Waals surface area (Å²) in [6.45, 7) is 4.00. The first-order valence-electron chi connectivity index (χ1n) is 6.18. The van der Waals surface area contributed by atoms with Crippen LogP contribution in [0, 0.1) is 0 Å². The monoisotopic (exact) mass is 234 g/mol. The lowest BCUT2D eigenvalue weighted by Gasteiger charge is -2.10. The standard InChI is InChI=1S/C14H18O3/c1-2-8-16-9-10-17-14-5-3-4-11-12(14)6-7-13(11)15/h3-5H,2,6-10H2,1H3. The number of benzene rings is 1. The number of carbonyl (C=O) groups excluding carboxylic acids is 1. The van der Waals surface area contributed by atoms with E-state index in [0.717, 1.165) is 36.3 Å². The summed E-state index contributed by atoms with van der Waals surface area (Å²) in [7, 11) is 0. The molecule has 0 atom stereocenters. The van der Waals surface area contributed by atoms with Crippen molar-refractivity contribution in [2.24, 2.45) is 0 Å². The Bertz CT molecular complexity index is 398. The molecular formula is C14H18O3. The van der Waals surface area contributed by atoms with Crippen LogP contribution in [-0.2, 0) is 11.2 Å². The smallest absolute Gasteiger partial charge is 0.163 e. The molecule has 3 nitrogen and oxygen atoms in total. The van der Waals surface area contributed by atoms with Crippen LogP contribution in [-0.4, -0.2) is 25.6 Å². The van der Waals surface area contributed by atoms with Gasteiger partial charge in [0.2, 0.25) is 0 Å². The van der Waals surface area contributed by atoms with Crippen LogP contribution in [0.3, 0.4) is 0 Å². The maximum atomic E-state index is 11.6. The van der Waals surface area contributed by atoms with Gasteiger partial charge in [-0.1, -0.05) is 19.1 Å². The van der Waals surface area contributed by atoms with E-state index >= 15 is 0 Å². The highest BCUT2D eigenvalue weighted by Crippen LogP contribution is 2.30. The summed E-state index contributed by atoms with van der Waals surface area (Å²) < 4.78 is 11.0. The Labute approximate surface area is 102 Å². The van der Waals surface area contributed by atoms with E-state index in [1.54, 1.807) is 0 Å². The molecule has 0 bridgehead atoms. The third kappa shape index (κ3) is 2.86. The third-order valence-corrected chi connectivity index (χ3v) is 2.87. The van der Waals surface area contributed by atoms with Crippen LogP contribution in [0.25, 0.3) is 0 Å². The minimum absolute atomic E-state index is 0.229. The average Bonchev–Trinajstić information content (AvgIpc) is 2.72. The molecule has 1 aliphatic carbocycles. The predicted octanol–water partition coefficient (Wildman–Crippen LogP) is 2.62. The van der Waals surface area contributed by atoms with Crippen LogP contribution in [0.15, 0.2) is 18.2 Å². The first-order chi connectivity index (χ1) is 8.33. The van der Waals surface area contributed by atoms with Gasteiger partial charge in [-0.3, -0.25) is 4.79 Å². The molecule has 0 saturated carbocycles. The highest BCUT2D eigenvalue weighted by molar-refractivity contribution is 6.01. The second-order valence-corrected chi connectivity index (χ2v) is 4.17. The second kappa shape index (κ2) is 5.82. The Morgan fingerprint density at radius 2 is 2.06 bits per heavy atom. The average molecular weight is 234 g/mol. The van der Waals surface area contributed by atoms with Crippen LogP contribution < -0.4 is 4.74 Å². The van der Waals surface area contributed by atoms with Crippen molar-refractivity contribution >= 4 is 5.78 Å². The fraction of sp³-hybridized carbons (Fsp3) is 0.500. The molecule has 0 aliphatic heterocycles. The zero-order valence-corrected chi connectivity index (χ0v) is 10.2. The molecule has 0 N–H and O–H groups in total. The van der Waals surface area contributed by atoms with Crippen molar-refractivity contribution in [2.75, 3.05) is 19.8 Å². The van der Waals surface area contributed by atoms with Gasteiger partial charge >= 0.3 is 0 Å². The van der Waals surface area contributed by atoms with E-state index in [2.05, 4.69) is 6.92 Å². The number of rotatable bonds is 6. The van der Waals surface area contributed by atoms with Gasteiger partial charge in [-0.25, -0.2) is 0 Å². The summed E-state index contributed by atoms with van der Waals surface area (Å²) in [6, 6.07) is 5.69. The van der Waals surface area contributed by atoms with Crippen molar-refractivity contribution in [3.63, 3.8) is 0 Å². The van der Waals surface area contributed by atoms with Crippen molar-refractivity contribution in [1.82, 2.24) is 0 Å². The Hall–Kier alpha value is -1.35. The summed E-state index contributed by atoms with van der Waals surface area (Å²) in [6.07, 6.45) is 2.44.